The molecule has 0 unspecified atom stereocenters. The van der Waals surface area contributed by atoms with Crippen LogP contribution in [0.1, 0.15) is 65.7 Å². The predicted octanol–water partition coefficient (Wildman–Crippen LogP) is 4.24. The van der Waals surface area contributed by atoms with E-state index in [1.807, 2.05) is 18.2 Å². The lowest BCUT2D eigenvalue weighted by atomic mass is 9.99. The molecule has 8 nitrogen and oxygen atoms in total. The first-order valence-electron chi connectivity index (χ1n) is 12.4. The van der Waals surface area contributed by atoms with Crippen LogP contribution in [-0.4, -0.2) is 52.8 Å². The van der Waals surface area contributed by atoms with Gasteiger partial charge < -0.3 is 19.5 Å². The minimum atomic E-state index is -0.611. The Labute approximate surface area is 210 Å². The van der Waals surface area contributed by atoms with Crippen molar-refractivity contribution in [1.82, 2.24) is 14.5 Å². The number of hydrogen-bond donors (Lipinski definition) is 1. The van der Waals surface area contributed by atoms with Gasteiger partial charge in [-0.15, -0.1) is 0 Å². The molecule has 1 aliphatic carbocycles. The monoisotopic (exact) mass is 489 g/mol. The predicted molar refractivity (Wildman–Crippen MR) is 136 cm³/mol. The number of aromatic hydroxyl groups is 1. The molecule has 1 aromatic heterocycles. The van der Waals surface area contributed by atoms with Gasteiger partial charge in [0.1, 0.15) is 23.0 Å². The highest BCUT2D eigenvalue weighted by Gasteiger charge is 2.35. The molecule has 8 heteroatoms. The van der Waals surface area contributed by atoms with Crippen molar-refractivity contribution in [2.75, 3.05) is 27.3 Å². The lowest BCUT2D eigenvalue weighted by Crippen LogP contribution is -2.37. The number of aromatic nitrogens is 2. The maximum atomic E-state index is 14.1. The van der Waals surface area contributed by atoms with Crippen LogP contribution in [0.5, 0.6) is 17.4 Å². The molecule has 1 N–H and O–H groups in total. The van der Waals surface area contributed by atoms with Gasteiger partial charge in [-0.1, -0.05) is 49.2 Å². The number of benzene rings is 2. The van der Waals surface area contributed by atoms with Crippen molar-refractivity contribution in [2.45, 2.75) is 43.9 Å². The highest BCUT2D eigenvalue weighted by Crippen LogP contribution is 2.39. The summed E-state index contributed by atoms with van der Waals surface area (Å²) in [6.45, 7) is 0.976. The molecule has 1 saturated carbocycles. The number of hydrogen-bond acceptors (Lipinski definition) is 6. The van der Waals surface area contributed by atoms with Gasteiger partial charge in [-0.05, 0) is 37.0 Å². The molecular weight excluding hydrogens is 458 g/mol. The van der Waals surface area contributed by atoms with Crippen molar-refractivity contribution in [2.24, 2.45) is 0 Å². The van der Waals surface area contributed by atoms with Gasteiger partial charge in [0.2, 0.25) is 5.88 Å². The largest absolute Gasteiger partial charge is 0.494 e. The molecule has 0 radical (unpaired) electrons. The molecule has 36 heavy (non-hydrogen) atoms. The normalized spacial score (nSPS) is 17.9. The SMILES string of the molecule is COc1cccc(OC)c1-n1c(C2CCCC2)nc(O)c(C(=O)N2CC[C@@H](c3ccccc3)C2)c1=O. The van der Waals surface area contributed by atoms with Gasteiger partial charge in [0.15, 0.2) is 5.56 Å². The van der Waals surface area contributed by atoms with E-state index < -0.39 is 17.3 Å². The molecule has 1 amide bonds. The molecule has 188 valence electrons. The van der Waals surface area contributed by atoms with Crippen molar-refractivity contribution in [3.8, 4) is 23.1 Å². The van der Waals surface area contributed by atoms with Crippen LogP contribution in [0.2, 0.25) is 0 Å². The summed E-state index contributed by atoms with van der Waals surface area (Å²) in [6, 6.07) is 15.3. The van der Waals surface area contributed by atoms with Crippen molar-refractivity contribution in [1.29, 1.82) is 0 Å². The zero-order valence-electron chi connectivity index (χ0n) is 20.6. The number of rotatable bonds is 6. The van der Waals surface area contributed by atoms with E-state index in [-0.39, 0.29) is 17.4 Å². The maximum absolute atomic E-state index is 14.1. The van der Waals surface area contributed by atoms with Gasteiger partial charge in [0.25, 0.3) is 11.5 Å². The highest BCUT2D eigenvalue weighted by atomic mass is 16.5. The fourth-order valence-electron chi connectivity index (χ4n) is 5.54. The quantitative estimate of drug-likeness (QED) is 0.557. The van der Waals surface area contributed by atoms with E-state index in [4.69, 9.17) is 9.47 Å². The van der Waals surface area contributed by atoms with E-state index in [0.29, 0.717) is 36.1 Å². The summed E-state index contributed by atoms with van der Waals surface area (Å²) in [5.41, 5.74) is 0.612. The molecular formula is C28H31N3O5. The molecule has 0 spiro atoms. The van der Waals surface area contributed by atoms with Crippen molar-refractivity contribution in [3.63, 3.8) is 0 Å². The lowest BCUT2D eigenvalue weighted by molar-refractivity contribution is 0.0784. The summed E-state index contributed by atoms with van der Waals surface area (Å²) >= 11 is 0. The molecule has 3 aromatic rings. The first-order chi connectivity index (χ1) is 17.5. The molecule has 2 aliphatic rings. The number of methoxy groups -OCH3 is 2. The molecule has 2 fully saturated rings. The Kier molecular flexibility index (Phi) is 6.67. The van der Waals surface area contributed by atoms with Crippen LogP contribution in [0.15, 0.2) is 53.3 Å². The summed E-state index contributed by atoms with van der Waals surface area (Å²) in [7, 11) is 3.04. The van der Waals surface area contributed by atoms with Crippen molar-refractivity contribution in [3.05, 3.63) is 75.8 Å². The van der Waals surface area contributed by atoms with Crippen LogP contribution < -0.4 is 15.0 Å². The Hall–Kier alpha value is -3.81. The third kappa shape index (κ3) is 4.21. The second-order valence-electron chi connectivity index (χ2n) is 9.45. The van der Waals surface area contributed by atoms with Crippen molar-refractivity contribution < 1.29 is 19.4 Å². The number of amides is 1. The Morgan fingerprint density at radius 3 is 2.25 bits per heavy atom. The molecule has 5 rings (SSSR count). The Morgan fingerprint density at radius 2 is 1.61 bits per heavy atom. The van der Waals surface area contributed by atoms with Crippen LogP contribution in [0.25, 0.3) is 5.69 Å². The van der Waals surface area contributed by atoms with Gasteiger partial charge in [-0.3, -0.25) is 14.2 Å². The number of carbonyl (C=O) groups excluding carboxylic acids is 1. The Bertz CT molecular complexity index is 1290. The molecule has 1 atom stereocenters. The number of carbonyl (C=O) groups is 1. The summed E-state index contributed by atoms with van der Waals surface area (Å²) < 4.78 is 12.6. The summed E-state index contributed by atoms with van der Waals surface area (Å²) in [5, 5.41) is 10.9. The molecule has 0 bridgehead atoms. The molecule has 2 aromatic carbocycles. The van der Waals surface area contributed by atoms with E-state index in [1.54, 1.807) is 23.1 Å². The molecule has 2 heterocycles. The lowest BCUT2D eigenvalue weighted by Gasteiger charge is -2.23. The standard InChI is InChI=1S/C28H31N3O5/c1-35-21-13-8-14-22(36-2)24(21)31-25(19-11-6-7-12-19)29-26(32)23(28(31)34)27(33)30-16-15-20(17-30)18-9-4-3-5-10-18/h3-5,8-10,13-14,19-20,32H,6-7,11-12,15-17H2,1-2H3/t20-/m1/s1. The van der Waals surface area contributed by atoms with Gasteiger partial charge in [-0.2, -0.15) is 4.98 Å². The van der Waals surface area contributed by atoms with Crippen molar-refractivity contribution >= 4 is 5.91 Å². The smallest absolute Gasteiger partial charge is 0.275 e. The average Bonchev–Trinajstić information content (AvgIpc) is 3.61. The van der Waals surface area contributed by atoms with Crippen LogP contribution in [-0.2, 0) is 0 Å². The third-order valence-corrected chi connectivity index (χ3v) is 7.40. The van der Waals surface area contributed by atoms with Crippen LogP contribution in [0, 0.1) is 0 Å². The van der Waals surface area contributed by atoms with Crippen LogP contribution >= 0.6 is 0 Å². The average molecular weight is 490 g/mol. The van der Waals surface area contributed by atoms with E-state index in [0.717, 1.165) is 37.7 Å². The fraction of sp³-hybridized carbons (Fsp3) is 0.393. The van der Waals surface area contributed by atoms with Crippen LogP contribution in [0.4, 0.5) is 0 Å². The van der Waals surface area contributed by atoms with Gasteiger partial charge in [0, 0.05) is 24.9 Å². The molecule has 1 saturated heterocycles. The number of para-hydroxylation sites is 1. The second kappa shape index (κ2) is 10.0. The van der Waals surface area contributed by atoms with E-state index >= 15 is 0 Å². The maximum Gasteiger partial charge on any atom is 0.275 e. The zero-order chi connectivity index (χ0) is 25.2. The van der Waals surface area contributed by atoms with E-state index in [1.165, 1.54) is 18.8 Å². The van der Waals surface area contributed by atoms with Gasteiger partial charge >= 0.3 is 0 Å². The highest BCUT2D eigenvalue weighted by molar-refractivity contribution is 5.96. The first kappa shape index (κ1) is 23.9. The Morgan fingerprint density at radius 1 is 0.944 bits per heavy atom. The summed E-state index contributed by atoms with van der Waals surface area (Å²) in [5.74, 6) is 0.414. The Balaban J connectivity index is 1.62. The first-order valence-corrected chi connectivity index (χ1v) is 12.4. The van der Waals surface area contributed by atoms with Gasteiger partial charge in [-0.25, -0.2) is 0 Å². The minimum absolute atomic E-state index is 0.0170. The van der Waals surface area contributed by atoms with Gasteiger partial charge in [0.05, 0.1) is 14.2 Å². The summed E-state index contributed by atoms with van der Waals surface area (Å²) in [6.07, 6.45) is 4.51. The zero-order valence-corrected chi connectivity index (χ0v) is 20.6. The minimum Gasteiger partial charge on any atom is -0.494 e. The second-order valence-corrected chi connectivity index (χ2v) is 9.45. The fourth-order valence-corrected chi connectivity index (χ4v) is 5.54. The number of nitrogens with zero attached hydrogens (tertiary/aromatic N) is 3. The van der Waals surface area contributed by atoms with E-state index in [2.05, 4.69) is 17.1 Å². The molecule has 1 aliphatic heterocycles. The number of likely N-dealkylation sites (tertiary alicyclic amines) is 1. The van der Waals surface area contributed by atoms with E-state index in [9.17, 15) is 14.7 Å². The third-order valence-electron chi connectivity index (χ3n) is 7.40. The van der Waals surface area contributed by atoms with Crippen LogP contribution in [0.3, 0.4) is 0 Å². The topological polar surface area (TPSA) is 93.9 Å². The summed E-state index contributed by atoms with van der Waals surface area (Å²) in [4.78, 5) is 33.8. The number of ether oxygens (including phenoxy) is 2.